The number of aliphatic hydroxyl groups is 1. The first-order valence-corrected chi connectivity index (χ1v) is 11.2. The molecule has 1 unspecified atom stereocenters. The van der Waals surface area contributed by atoms with Gasteiger partial charge in [-0.1, -0.05) is 12.1 Å². The first-order chi connectivity index (χ1) is 15.7. The van der Waals surface area contributed by atoms with E-state index in [0.29, 0.717) is 6.42 Å². The van der Waals surface area contributed by atoms with E-state index in [1.807, 2.05) is 0 Å². The molecule has 3 atom stereocenters. The molecule has 190 valence electrons. The number of ether oxygens (including phenoxy) is 1. The van der Waals surface area contributed by atoms with Gasteiger partial charge in [-0.3, -0.25) is 4.99 Å². The van der Waals surface area contributed by atoms with E-state index in [9.17, 15) is 31.9 Å². The number of hydrogen-bond donors (Lipinski definition) is 3. The lowest BCUT2D eigenvalue weighted by atomic mass is 9.92. The van der Waals surface area contributed by atoms with Gasteiger partial charge in [0.25, 0.3) is 0 Å². The number of alkyl carbamates (subject to hydrolysis) is 1. The molecular weight excluding hydrogens is 461 g/mol. The number of halogens is 5. The standard InChI is InChI=1S/C23H30F5N3O3/c1-21(2,3)34-20(33)31-16-8-7-13(14-5-4-6-15(24)18(14)25)11-29-19(16)30-12-17(32)22(9-10-22)23(26,27)28/h4-6,13,16-17,32H,7-12H2,1-3H3,(H,29,30)(H,31,33)/t13-,16-,17?/m1/s1. The molecule has 1 aromatic rings. The summed E-state index contributed by atoms with van der Waals surface area (Å²) in [5, 5.41) is 15.7. The molecule has 1 aliphatic carbocycles. The lowest BCUT2D eigenvalue weighted by Gasteiger charge is -2.28. The average Bonchev–Trinajstić information content (AvgIpc) is 3.53. The number of amidine groups is 1. The van der Waals surface area contributed by atoms with Crippen LogP contribution in [-0.2, 0) is 4.74 Å². The molecule has 1 aromatic carbocycles. The Bertz CT molecular complexity index is 925. The highest BCUT2D eigenvalue weighted by Crippen LogP contribution is 2.59. The first kappa shape index (κ1) is 26.2. The van der Waals surface area contributed by atoms with Crippen LogP contribution in [0.1, 0.15) is 57.9 Å². The molecule has 11 heteroatoms. The van der Waals surface area contributed by atoms with Crippen molar-refractivity contribution in [2.45, 2.75) is 76.3 Å². The maximum Gasteiger partial charge on any atom is 0.408 e. The molecule has 0 spiro atoms. The summed E-state index contributed by atoms with van der Waals surface area (Å²) in [7, 11) is 0. The molecule has 1 aliphatic heterocycles. The monoisotopic (exact) mass is 491 g/mol. The topological polar surface area (TPSA) is 83.0 Å². The quantitative estimate of drug-likeness (QED) is 0.533. The van der Waals surface area contributed by atoms with Crippen molar-refractivity contribution in [3.05, 3.63) is 35.4 Å². The highest BCUT2D eigenvalue weighted by atomic mass is 19.4. The molecule has 0 radical (unpaired) electrons. The number of amides is 1. The number of aliphatic hydroxyl groups excluding tert-OH is 1. The number of carbonyl (C=O) groups is 1. The van der Waals surface area contributed by atoms with E-state index in [0.717, 1.165) is 6.07 Å². The van der Waals surface area contributed by atoms with Crippen LogP contribution < -0.4 is 10.6 Å². The van der Waals surface area contributed by atoms with Crippen LogP contribution in [0.15, 0.2) is 23.2 Å². The van der Waals surface area contributed by atoms with Gasteiger partial charge < -0.3 is 20.5 Å². The van der Waals surface area contributed by atoms with Gasteiger partial charge in [0.05, 0.1) is 17.6 Å². The molecule has 34 heavy (non-hydrogen) atoms. The molecule has 1 heterocycles. The third-order valence-corrected chi connectivity index (χ3v) is 6.20. The minimum atomic E-state index is -4.53. The van der Waals surface area contributed by atoms with Crippen LogP contribution in [0.2, 0.25) is 0 Å². The van der Waals surface area contributed by atoms with Crippen molar-refractivity contribution in [1.29, 1.82) is 0 Å². The Hall–Kier alpha value is -2.43. The Morgan fingerprint density at radius 1 is 1.24 bits per heavy atom. The van der Waals surface area contributed by atoms with Crippen molar-refractivity contribution in [2.75, 3.05) is 13.1 Å². The second kappa shape index (κ2) is 9.67. The predicted octanol–water partition coefficient (Wildman–Crippen LogP) is 4.43. The molecule has 0 bridgehead atoms. The Morgan fingerprint density at radius 3 is 2.50 bits per heavy atom. The summed E-state index contributed by atoms with van der Waals surface area (Å²) in [6.07, 6.45) is -6.74. The molecule has 1 saturated carbocycles. The van der Waals surface area contributed by atoms with Gasteiger partial charge in [-0.05, 0) is 58.1 Å². The lowest BCUT2D eigenvalue weighted by molar-refractivity contribution is -0.213. The van der Waals surface area contributed by atoms with Gasteiger partial charge in [0.2, 0.25) is 0 Å². The fourth-order valence-corrected chi connectivity index (χ4v) is 4.11. The summed E-state index contributed by atoms with van der Waals surface area (Å²) in [6.45, 7) is 4.63. The highest BCUT2D eigenvalue weighted by Gasteiger charge is 2.67. The lowest BCUT2D eigenvalue weighted by Crippen LogP contribution is -2.51. The molecule has 3 N–H and O–H groups in total. The summed E-state index contributed by atoms with van der Waals surface area (Å²) in [6, 6.07) is 3.08. The zero-order valence-electron chi connectivity index (χ0n) is 19.3. The molecule has 0 aromatic heterocycles. The van der Waals surface area contributed by atoms with Crippen molar-refractivity contribution in [1.82, 2.24) is 10.6 Å². The number of nitrogens with one attached hydrogen (secondary N) is 2. The summed E-state index contributed by atoms with van der Waals surface area (Å²) in [4.78, 5) is 16.7. The summed E-state index contributed by atoms with van der Waals surface area (Å²) < 4.78 is 73.3. The number of alkyl halides is 3. The van der Waals surface area contributed by atoms with Gasteiger partial charge in [0.15, 0.2) is 11.6 Å². The number of rotatable bonds is 5. The van der Waals surface area contributed by atoms with Crippen LogP contribution >= 0.6 is 0 Å². The van der Waals surface area contributed by atoms with Gasteiger partial charge in [-0.2, -0.15) is 13.2 Å². The van der Waals surface area contributed by atoms with E-state index >= 15 is 0 Å². The fraction of sp³-hybridized carbons (Fsp3) is 0.652. The van der Waals surface area contributed by atoms with Gasteiger partial charge >= 0.3 is 12.3 Å². The third kappa shape index (κ3) is 5.97. The summed E-state index contributed by atoms with van der Waals surface area (Å²) in [5.41, 5.74) is -2.80. The smallest absolute Gasteiger partial charge is 0.408 e. The van der Waals surface area contributed by atoms with Gasteiger partial charge in [0.1, 0.15) is 11.4 Å². The molecule has 2 aliphatic rings. The van der Waals surface area contributed by atoms with Crippen molar-refractivity contribution < 1.29 is 36.6 Å². The third-order valence-electron chi connectivity index (χ3n) is 6.20. The normalized spacial score (nSPS) is 23.4. The van der Waals surface area contributed by atoms with Crippen molar-refractivity contribution in [3.8, 4) is 0 Å². The van der Waals surface area contributed by atoms with E-state index in [-0.39, 0.29) is 37.2 Å². The Morgan fingerprint density at radius 2 is 1.91 bits per heavy atom. The minimum absolute atomic E-state index is 0.0235. The highest BCUT2D eigenvalue weighted by molar-refractivity contribution is 5.90. The van der Waals surface area contributed by atoms with Crippen molar-refractivity contribution >= 4 is 11.9 Å². The minimum Gasteiger partial charge on any atom is -0.444 e. The SMILES string of the molecule is CC(C)(C)OC(=O)N[C@@H]1CC[C@@H](c2cccc(F)c2F)CN=C1NCC(O)C1(C(F)(F)F)CC1. The van der Waals surface area contributed by atoms with Gasteiger partial charge in [-0.15, -0.1) is 0 Å². The number of nitrogens with zero attached hydrogens (tertiary/aromatic N) is 1. The Balaban J connectivity index is 1.77. The van der Waals surface area contributed by atoms with E-state index in [4.69, 9.17) is 4.74 Å². The number of benzene rings is 1. The van der Waals surface area contributed by atoms with E-state index in [1.165, 1.54) is 12.1 Å². The number of carbonyl (C=O) groups excluding carboxylic acids is 1. The predicted molar refractivity (Wildman–Crippen MR) is 116 cm³/mol. The second-order valence-corrected chi connectivity index (χ2v) is 9.89. The largest absolute Gasteiger partial charge is 0.444 e. The van der Waals surface area contributed by atoms with E-state index < -0.39 is 59.5 Å². The molecular formula is C23H30F5N3O3. The maximum absolute atomic E-state index is 14.3. The fourth-order valence-electron chi connectivity index (χ4n) is 4.11. The first-order valence-electron chi connectivity index (χ1n) is 11.2. The number of aliphatic imine (C=N–C) groups is 1. The molecule has 3 rings (SSSR count). The molecule has 1 fully saturated rings. The average molecular weight is 492 g/mol. The van der Waals surface area contributed by atoms with Gasteiger partial charge in [0, 0.05) is 19.0 Å². The number of hydrogen-bond acceptors (Lipinski definition) is 5. The van der Waals surface area contributed by atoms with E-state index in [1.54, 1.807) is 20.8 Å². The Labute approximate surface area is 195 Å². The summed E-state index contributed by atoms with van der Waals surface area (Å²) >= 11 is 0. The zero-order chi connectivity index (χ0) is 25.3. The molecule has 1 amide bonds. The van der Waals surface area contributed by atoms with Crippen molar-refractivity contribution in [3.63, 3.8) is 0 Å². The van der Waals surface area contributed by atoms with Crippen LogP contribution in [-0.4, -0.2) is 54.0 Å². The van der Waals surface area contributed by atoms with Crippen LogP contribution in [0.4, 0.5) is 26.7 Å². The van der Waals surface area contributed by atoms with Crippen LogP contribution in [0.5, 0.6) is 0 Å². The van der Waals surface area contributed by atoms with Crippen LogP contribution in [0, 0.1) is 17.0 Å². The van der Waals surface area contributed by atoms with Gasteiger partial charge in [-0.25, -0.2) is 13.6 Å². The van der Waals surface area contributed by atoms with Crippen LogP contribution in [0.3, 0.4) is 0 Å². The Kier molecular flexibility index (Phi) is 7.45. The summed E-state index contributed by atoms with van der Waals surface area (Å²) in [5.74, 6) is -2.32. The van der Waals surface area contributed by atoms with Crippen molar-refractivity contribution in [2.24, 2.45) is 10.4 Å². The maximum atomic E-state index is 14.3. The molecule has 0 saturated heterocycles. The molecule has 6 nitrogen and oxygen atoms in total. The van der Waals surface area contributed by atoms with Crippen LogP contribution in [0.25, 0.3) is 0 Å². The second-order valence-electron chi connectivity index (χ2n) is 9.89. The zero-order valence-corrected chi connectivity index (χ0v) is 19.3. The van der Waals surface area contributed by atoms with E-state index in [2.05, 4.69) is 15.6 Å².